The van der Waals surface area contributed by atoms with Gasteiger partial charge >= 0.3 is 5.97 Å². The molecule has 2 fully saturated rings. The Kier molecular flexibility index (Phi) is 5.55. The molecule has 5 rings (SSSR count). The molecule has 1 aliphatic heterocycles. The molecule has 174 valence electrons. The normalized spacial score (nSPS) is 25.7. The Morgan fingerprint density at radius 2 is 1.79 bits per heavy atom. The third-order valence-electron chi connectivity index (χ3n) is 7.23. The summed E-state index contributed by atoms with van der Waals surface area (Å²) in [6, 6.07) is 15.5. The fourth-order valence-electron chi connectivity index (χ4n) is 5.62. The molecule has 7 nitrogen and oxygen atoms in total. The van der Waals surface area contributed by atoms with Gasteiger partial charge in [-0.15, -0.1) is 0 Å². The van der Waals surface area contributed by atoms with Crippen molar-refractivity contribution < 1.29 is 23.9 Å². The summed E-state index contributed by atoms with van der Waals surface area (Å²) in [5.74, 6) is -1.90. The van der Waals surface area contributed by atoms with E-state index in [1.54, 1.807) is 12.1 Å². The van der Waals surface area contributed by atoms with Gasteiger partial charge in [-0.05, 0) is 55.9 Å². The van der Waals surface area contributed by atoms with E-state index in [2.05, 4.69) is 11.4 Å². The fraction of sp³-hybridized carbons (Fsp3) is 0.333. The number of benzene rings is 2. The topological polar surface area (TPSA) is 92.8 Å². The summed E-state index contributed by atoms with van der Waals surface area (Å²) in [7, 11) is 0. The Labute approximate surface area is 197 Å². The van der Waals surface area contributed by atoms with Gasteiger partial charge in [-0.25, -0.2) is 9.69 Å². The van der Waals surface area contributed by atoms with Crippen molar-refractivity contribution in [3.8, 4) is 0 Å². The average Bonchev–Trinajstić information content (AvgIpc) is 3.48. The van der Waals surface area contributed by atoms with Gasteiger partial charge in [-0.3, -0.25) is 14.4 Å². The second-order valence-electron chi connectivity index (χ2n) is 9.31. The summed E-state index contributed by atoms with van der Waals surface area (Å²) in [5.41, 5.74) is 2.67. The Balaban J connectivity index is 1.23. The maximum Gasteiger partial charge on any atom is 0.338 e. The highest BCUT2D eigenvalue weighted by Gasteiger charge is 2.60. The van der Waals surface area contributed by atoms with Gasteiger partial charge in [0.2, 0.25) is 11.8 Å². The van der Waals surface area contributed by atoms with E-state index in [0.717, 1.165) is 12.0 Å². The zero-order valence-corrected chi connectivity index (χ0v) is 19.1. The largest absolute Gasteiger partial charge is 0.452 e. The number of esters is 1. The summed E-state index contributed by atoms with van der Waals surface area (Å²) < 4.78 is 5.18. The first kappa shape index (κ1) is 22.1. The summed E-state index contributed by atoms with van der Waals surface area (Å²) in [6.45, 7) is 3.44. The first-order valence-electron chi connectivity index (χ1n) is 11.5. The Morgan fingerprint density at radius 1 is 1.06 bits per heavy atom. The zero-order chi connectivity index (χ0) is 24.0. The number of fused-ring (bicyclic) bond motifs is 5. The monoisotopic (exact) mass is 458 g/mol. The first-order chi connectivity index (χ1) is 16.3. The lowest BCUT2D eigenvalue weighted by atomic mass is 9.82. The Hall–Kier alpha value is -3.74. The van der Waals surface area contributed by atoms with Crippen molar-refractivity contribution in [2.45, 2.75) is 26.3 Å². The van der Waals surface area contributed by atoms with E-state index in [4.69, 9.17) is 4.74 Å². The van der Waals surface area contributed by atoms with Crippen molar-refractivity contribution in [2.24, 2.45) is 23.7 Å². The molecular weight excluding hydrogens is 432 g/mol. The van der Waals surface area contributed by atoms with Crippen LogP contribution in [0.4, 0.5) is 5.69 Å². The smallest absolute Gasteiger partial charge is 0.338 e. The number of nitrogens with zero attached hydrogens (tertiary/aromatic N) is 1. The molecule has 0 aromatic heterocycles. The lowest BCUT2D eigenvalue weighted by Gasteiger charge is -2.19. The van der Waals surface area contributed by atoms with Crippen LogP contribution in [0.1, 0.15) is 42.2 Å². The fourth-order valence-corrected chi connectivity index (χ4v) is 5.62. The first-order valence-corrected chi connectivity index (χ1v) is 11.5. The van der Waals surface area contributed by atoms with Gasteiger partial charge in [0, 0.05) is 0 Å². The van der Waals surface area contributed by atoms with Crippen molar-refractivity contribution in [3.63, 3.8) is 0 Å². The number of amides is 3. The highest BCUT2D eigenvalue weighted by molar-refractivity contribution is 6.23. The molecule has 2 aromatic rings. The SMILES string of the molecule is CC1=C[C@H]2C[C@H]1[C@@H]1C(=O)N(c3cccc(C(=O)OCC(=O)N[C@@H](C)c4ccccc4)c3)C(=O)[C@@H]12. The number of allylic oxidation sites excluding steroid dienone is 2. The van der Waals surface area contributed by atoms with Gasteiger partial charge in [-0.1, -0.05) is 48.0 Å². The molecule has 1 saturated heterocycles. The molecule has 1 heterocycles. The summed E-state index contributed by atoms with van der Waals surface area (Å²) >= 11 is 0. The van der Waals surface area contributed by atoms with E-state index < -0.39 is 18.5 Å². The molecule has 3 aliphatic rings. The van der Waals surface area contributed by atoms with Crippen LogP contribution in [0.3, 0.4) is 0 Å². The molecule has 1 N–H and O–H groups in total. The summed E-state index contributed by atoms with van der Waals surface area (Å²) in [6.07, 6.45) is 2.99. The maximum atomic E-state index is 13.2. The molecule has 34 heavy (non-hydrogen) atoms. The zero-order valence-electron chi connectivity index (χ0n) is 19.1. The van der Waals surface area contributed by atoms with Crippen LogP contribution in [0.5, 0.6) is 0 Å². The highest BCUT2D eigenvalue weighted by Crippen LogP contribution is 2.55. The number of anilines is 1. The minimum atomic E-state index is -0.693. The maximum absolute atomic E-state index is 13.2. The minimum absolute atomic E-state index is 0.112. The van der Waals surface area contributed by atoms with Crippen molar-refractivity contribution in [2.75, 3.05) is 11.5 Å². The van der Waals surface area contributed by atoms with E-state index in [1.807, 2.05) is 44.2 Å². The number of carbonyl (C=O) groups is 4. The Morgan fingerprint density at radius 3 is 2.56 bits per heavy atom. The quantitative estimate of drug-likeness (QED) is 0.407. The summed E-state index contributed by atoms with van der Waals surface area (Å²) in [5, 5.41) is 2.79. The van der Waals surface area contributed by atoms with Crippen molar-refractivity contribution in [3.05, 3.63) is 77.4 Å². The molecule has 1 saturated carbocycles. The van der Waals surface area contributed by atoms with Gasteiger partial charge in [0.25, 0.3) is 5.91 Å². The van der Waals surface area contributed by atoms with E-state index in [0.29, 0.717) is 5.69 Å². The van der Waals surface area contributed by atoms with Gasteiger partial charge in [0.05, 0.1) is 29.1 Å². The van der Waals surface area contributed by atoms with Crippen molar-refractivity contribution in [1.29, 1.82) is 0 Å². The number of nitrogens with one attached hydrogen (secondary N) is 1. The van der Waals surface area contributed by atoms with E-state index >= 15 is 0 Å². The van der Waals surface area contributed by atoms with Crippen LogP contribution in [0, 0.1) is 23.7 Å². The molecule has 7 heteroatoms. The van der Waals surface area contributed by atoms with Crippen LogP contribution in [0.2, 0.25) is 0 Å². The van der Waals surface area contributed by atoms with Crippen LogP contribution >= 0.6 is 0 Å². The van der Waals surface area contributed by atoms with Crippen LogP contribution in [0.15, 0.2) is 66.2 Å². The lowest BCUT2D eigenvalue weighted by molar-refractivity contribution is -0.125. The highest BCUT2D eigenvalue weighted by atomic mass is 16.5. The van der Waals surface area contributed by atoms with Gasteiger partial charge in [0.1, 0.15) is 0 Å². The van der Waals surface area contributed by atoms with Gasteiger partial charge < -0.3 is 10.1 Å². The second kappa shape index (κ2) is 8.56. The number of imide groups is 1. The number of hydrogen-bond acceptors (Lipinski definition) is 5. The summed E-state index contributed by atoms with van der Waals surface area (Å²) in [4.78, 5) is 52.3. The molecule has 2 bridgehead atoms. The molecule has 0 unspecified atom stereocenters. The number of ether oxygens (including phenoxy) is 1. The Bertz CT molecular complexity index is 1200. The molecule has 2 aromatic carbocycles. The third kappa shape index (κ3) is 3.71. The number of rotatable bonds is 6. The van der Waals surface area contributed by atoms with E-state index in [9.17, 15) is 19.2 Å². The molecule has 0 radical (unpaired) electrons. The van der Waals surface area contributed by atoms with Crippen LogP contribution in [-0.2, 0) is 19.1 Å². The standard InChI is InChI=1S/C27H26N2O5/c1-15-11-19-13-21(15)24-23(19)25(31)29(26(24)32)20-10-6-9-18(12-20)27(33)34-14-22(30)28-16(2)17-7-4-3-5-8-17/h3-12,16,19,21,23-24H,13-14H2,1-2H3,(H,28,30)/t16-,19-,21+,23+,24-/m0/s1. The number of carbonyl (C=O) groups excluding carboxylic acids is 4. The third-order valence-corrected chi connectivity index (χ3v) is 7.23. The second-order valence-corrected chi connectivity index (χ2v) is 9.31. The van der Waals surface area contributed by atoms with Crippen molar-refractivity contribution >= 4 is 29.4 Å². The van der Waals surface area contributed by atoms with Crippen LogP contribution in [0.25, 0.3) is 0 Å². The molecule has 0 spiro atoms. The van der Waals surface area contributed by atoms with Crippen LogP contribution in [-0.4, -0.2) is 30.3 Å². The number of hydrogen-bond donors (Lipinski definition) is 1. The average molecular weight is 459 g/mol. The van der Waals surface area contributed by atoms with E-state index in [-0.39, 0.29) is 47.1 Å². The van der Waals surface area contributed by atoms with Crippen molar-refractivity contribution in [1.82, 2.24) is 5.32 Å². The molecular formula is C27H26N2O5. The lowest BCUT2D eigenvalue weighted by Crippen LogP contribution is -2.33. The van der Waals surface area contributed by atoms with E-state index in [1.165, 1.54) is 22.6 Å². The molecule has 3 amide bonds. The van der Waals surface area contributed by atoms with Crippen LogP contribution < -0.4 is 10.2 Å². The predicted octanol–water partition coefficient (Wildman–Crippen LogP) is 3.42. The minimum Gasteiger partial charge on any atom is -0.452 e. The van der Waals surface area contributed by atoms with Gasteiger partial charge in [-0.2, -0.15) is 0 Å². The molecule has 5 atom stereocenters. The molecule has 2 aliphatic carbocycles. The van der Waals surface area contributed by atoms with Gasteiger partial charge in [0.15, 0.2) is 6.61 Å². The predicted molar refractivity (Wildman–Crippen MR) is 125 cm³/mol.